The first-order chi connectivity index (χ1) is 55.6. The van der Waals surface area contributed by atoms with Crippen LogP contribution < -0.4 is 0 Å². The molecule has 3 fully saturated rings. The van der Waals surface area contributed by atoms with E-state index in [2.05, 4.69) is 0 Å². The third kappa shape index (κ3) is 21.6. The molecule has 3 saturated heterocycles. The first-order valence-corrected chi connectivity index (χ1v) is 36.8. The molecule has 3 aliphatic rings. The van der Waals surface area contributed by atoms with Crippen molar-refractivity contribution >= 4 is 100 Å². The van der Waals surface area contributed by atoms with Gasteiger partial charge in [0, 0.05) is 6.92 Å². The second-order valence-corrected chi connectivity index (χ2v) is 27.9. The van der Waals surface area contributed by atoms with Crippen LogP contribution >= 0.6 is 34.8 Å². The Kier molecular flexibility index (Phi) is 27.9. The molecule has 0 amide bonds. The van der Waals surface area contributed by atoms with Crippen molar-refractivity contribution in [2.45, 2.75) is 103 Å². The van der Waals surface area contributed by atoms with Crippen molar-refractivity contribution < 1.29 is 124 Å². The van der Waals surface area contributed by atoms with Crippen molar-refractivity contribution in [2.75, 3.05) is 19.8 Å². The molecule has 15 atom stereocenters. The maximum Gasteiger partial charge on any atom is 0.338 e. The van der Waals surface area contributed by atoms with Crippen LogP contribution in [0.2, 0.25) is 0 Å². The number of nitrogens with one attached hydrogen (secondary N) is 1. The number of hydrogen-bond donors (Lipinski definition) is 1. The number of carbonyl (C=O) groups is 10. The van der Waals surface area contributed by atoms with Gasteiger partial charge in [0.15, 0.2) is 67.5 Å². The number of ether oxygens (including phenoxy) is 16. The van der Waals surface area contributed by atoms with E-state index in [9.17, 15) is 43.8 Å². The van der Waals surface area contributed by atoms with Crippen molar-refractivity contribution in [2.24, 2.45) is 0 Å². The van der Waals surface area contributed by atoms with Crippen LogP contribution in [0.25, 0.3) is 0 Å². The van der Waals surface area contributed by atoms with Gasteiger partial charge in [-0.2, -0.15) is 0 Å². The van der Waals surface area contributed by atoms with Crippen LogP contribution in [0.5, 0.6) is 0 Å². The van der Waals surface area contributed by atoms with Gasteiger partial charge in [0.1, 0.15) is 31.5 Å². The standard InChI is InChI=1S/C85H70Cl3NO26/c1-50(90)100-47-60-63(106-73(92)52-31-13-3-14-32-52)66(109-76(95)55-37-19-6-20-38-55)69(112-79(98)58-43-25-9-26-44-58)81(103-60)102-49-62-65(108-75(94)54-35-17-5-18-36-54)68(111-78(97)57-41-23-8-24-42-57)71(83(105-62)115-84(89)85(86,87)88)114-82-70(113-80(99)59-45-27-10-28-46-59)67(110-77(96)56-39-21-7-22-40-56)64(107-74(93)53-33-15-4-16-34-53)61(104-82)48-101-72(91)51-29-11-2-12-30-51/h2-46,60-71,81-83,89H,47-49H2,1H3/t60-,61-,62-,63-,64-,65-,66+,67+,68+,69+,70+,71+,81+,82-,83-/m1/s1. The molecule has 115 heavy (non-hydrogen) atoms. The fourth-order valence-corrected chi connectivity index (χ4v) is 12.4. The number of alkyl halides is 3. The highest BCUT2D eigenvalue weighted by molar-refractivity contribution is 6.76. The van der Waals surface area contributed by atoms with Gasteiger partial charge in [-0.3, -0.25) is 10.2 Å². The Morgan fingerprint density at radius 2 is 0.504 bits per heavy atom. The molecule has 0 radical (unpaired) electrons. The lowest BCUT2D eigenvalue weighted by Gasteiger charge is -2.49. The third-order valence-corrected chi connectivity index (χ3v) is 18.4. The summed E-state index contributed by atoms with van der Waals surface area (Å²) in [5.74, 6) is -12.0. The highest BCUT2D eigenvalue weighted by Gasteiger charge is 2.61. The van der Waals surface area contributed by atoms with Crippen molar-refractivity contribution in [3.63, 3.8) is 0 Å². The minimum atomic E-state index is -2.82. The summed E-state index contributed by atoms with van der Waals surface area (Å²) in [5, 5.41) is 9.21. The predicted octanol–water partition coefficient (Wildman–Crippen LogP) is 12.2. The van der Waals surface area contributed by atoms with Gasteiger partial charge in [0.05, 0.1) is 56.7 Å². The molecular weight excluding hydrogens is 1560 g/mol. The van der Waals surface area contributed by atoms with Crippen LogP contribution in [0.1, 0.15) is 100 Å². The van der Waals surface area contributed by atoms with E-state index in [-0.39, 0.29) is 50.1 Å². The first kappa shape index (κ1) is 82.3. The van der Waals surface area contributed by atoms with Gasteiger partial charge in [0.25, 0.3) is 3.79 Å². The molecule has 3 aliphatic heterocycles. The van der Waals surface area contributed by atoms with Crippen molar-refractivity contribution in [3.8, 4) is 0 Å². The number of carbonyl (C=O) groups excluding carboxylic acids is 10. The number of hydrogen-bond acceptors (Lipinski definition) is 27. The van der Waals surface area contributed by atoms with E-state index >= 15 is 9.59 Å². The molecule has 0 unspecified atom stereocenters. The largest absolute Gasteiger partial charge is 0.463 e. The summed E-state index contributed by atoms with van der Waals surface area (Å²) < 4.78 is 99.6. The summed E-state index contributed by atoms with van der Waals surface area (Å²) in [6, 6.07) is 66.8. The van der Waals surface area contributed by atoms with Gasteiger partial charge in [-0.1, -0.05) is 199 Å². The molecule has 592 valence electrons. The molecule has 9 aromatic carbocycles. The van der Waals surface area contributed by atoms with Crippen LogP contribution in [0.4, 0.5) is 0 Å². The molecule has 9 aromatic rings. The van der Waals surface area contributed by atoms with E-state index in [1.54, 1.807) is 78.9 Å². The Bertz CT molecular complexity index is 4830. The van der Waals surface area contributed by atoms with Crippen LogP contribution in [-0.2, 0) is 80.6 Å². The number of esters is 10. The summed E-state index contributed by atoms with van der Waals surface area (Å²) in [6.07, 6.45) is -31.6. The molecule has 3 heterocycles. The molecule has 0 aliphatic carbocycles. The highest BCUT2D eigenvalue weighted by atomic mass is 35.6. The molecule has 0 aromatic heterocycles. The third-order valence-electron chi connectivity index (χ3n) is 17.8. The van der Waals surface area contributed by atoms with Crippen molar-refractivity contribution in [1.82, 2.24) is 0 Å². The van der Waals surface area contributed by atoms with E-state index in [0.29, 0.717) is 0 Å². The van der Waals surface area contributed by atoms with Gasteiger partial charge in [-0.15, -0.1) is 0 Å². The SMILES string of the molecule is CC(=O)OC[C@H]1O[C@H](OC[C@H]2O[C@H](OC(=N)C(Cl)(Cl)Cl)[C@@H](O[C@H]3O[C@H](COC(=O)c4ccccc4)[C@@H](OC(=O)c4ccccc4)[C@H](OC(=O)c4ccccc4)[C@@H]3OC(=O)c3ccccc3)[C@@H](OC(=O)c3ccccc3)[C@@H]2OC(=O)c2ccccc2)[C@@H](OC(=O)c2ccccc2)[C@@H](OC(=O)c2ccccc2)[C@@H]1OC(=O)c1ccccc1. The lowest BCUT2D eigenvalue weighted by Crippen LogP contribution is -2.68. The van der Waals surface area contributed by atoms with Crippen LogP contribution in [0.15, 0.2) is 273 Å². The second kappa shape index (κ2) is 39.0. The van der Waals surface area contributed by atoms with Crippen molar-refractivity contribution in [3.05, 3.63) is 323 Å². The molecule has 12 rings (SSSR count). The van der Waals surface area contributed by atoms with Gasteiger partial charge < -0.3 is 75.8 Å². The monoisotopic (exact) mass is 1630 g/mol. The van der Waals surface area contributed by atoms with Gasteiger partial charge >= 0.3 is 59.7 Å². The maximum atomic E-state index is 15.3. The van der Waals surface area contributed by atoms with Crippen LogP contribution in [0.3, 0.4) is 0 Å². The molecule has 0 spiro atoms. The molecular formula is C85H70Cl3NO26. The molecule has 1 N–H and O–H groups in total. The highest BCUT2D eigenvalue weighted by Crippen LogP contribution is 2.40. The fourth-order valence-electron chi connectivity index (χ4n) is 12.3. The smallest absolute Gasteiger partial charge is 0.338 e. The van der Waals surface area contributed by atoms with Crippen LogP contribution in [-0.4, -0.2) is 181 Å². The van der Waals surface area contributed by atoms with Crippen molar-refractivity contribution in [1.29, 1.82) is 5.41 Å². The Labute approximate surface area is 671 Å². The van der Waals surface area contributed by atoms with E-state index < -0.39 is 181 Å². The second-order valence-electron chi connectivity index (χ2n) is 25.7. The lowest BCUT2D eigenvalue weighted by molar-refractivity contribution is -0.362. The van der Waals surface area contributed by atoms with Crippen LogP contribution in [0, 0.1) is 5.41 Å². The topological polar surface area (TPSA) is 342 Å². The van der Waals surface area contributed by atoms with Gasteiger partial charge in [0.2, 0.25) is 12.2 Å². The number of halogens is 3. The molecule has 30 heteroatoms. The zero-order valence-corrected chi connectivity index (χ0v) is 62.8. The quantitative estimate of drug-likeness (QED) is 0.0164. The van der Waals surface area contributed by atoms with E-state index in [1.165, 1.54) is 194 Å². The molecule has 0 saturated carbocycles. The minimum absolute atomic E-state index is 0.0178. The summed E-state index contributed by atoms with van der Waals surface area (Å²) in [7, 11) is 0. The summed E-state index contributed by atoms with van der Waals surface area (Å²) in [6.45, 7) is -1.70. The normalized spacial score (nSPS) is 23.0. The molecule has 27 nitrogen and oxygen atoms in total. The summed E-state index contributed by atoms with van der Waals surface area (Å²) >= 11 is 19.4. The summed E-state index contributed by atoms with van der Waals surface area (Å²) in [5.41, 5.74) is -0.721. The maximum absolute atomic E-state index is 15.3. The zero-order chi connectivity index (χ0) is 81.0. The predicted molar refractivity (Wildman–Crippen MR) is 404 cm³/mol. The average molecular weight is 1630 g/mol. The minimum Gasteiger partial charge on any atom is -0.463 e. The Morgan fingerprint density at radius 1 is 0.278 bits per heavy atom. The van der Waals surface area contributed by atoms with E-state index in [0.717, 1.165) is 6.92 Å². The zero-order valence-electron chi connectivity index (χ0n) is 60.5. The Morgan fingerprint density at radius 3 is 0.791 bits per heavy atom. The number of rotatable bonds is 27. The average Bonchev–Trinajstić information content (AvgIpc) is 0.760. The summed E-state index contributed by atoms with van der Waals surface area (Å²) in [4.78, 5) is 146. The molecule has 0 bridgehead atoms. The first-order valence-electron chi connectivity index (χ1n) is 35.6. The van der Waals surface area contributed by atoms with E-state index in [1.807, 2.05) is 0 Å². The lowest BCUT2D eigenvalue weighted by atomic mass is 9.95. The van der Waals surface area contributed by atoms with Gasteiger partial charge in [-0.25, -0.2) is 43.2 Å². The van der Waals surface area contributed by atoms with Gasteiger partial charge in [-0.05, 0) is 109 Å². The fraction of sp³-hybridized carbons (Fsp3) is 0.235. The Balaban J connectivity index is 1.02. The number of benzene rings is 9. The van der Waals surface area contributed by atoms with E-state index in [4.69, 9.17) is 111 Å². The Hall–Kier alpha value is -12.2.